The number of nitrogen functional groups attached to an aromatic ring is 1. The minimum atomic E-state index is -0.522. The summed E-state index contributed by atoms with van der Waals surface area (Å²) in [5, 5.41) is 15.9. The quantitative estimate of drug-likeness (QED) is 0.857. The number of hydrogen-bond donors (Lipinski definition) is 2. The van der Waals surface area contributed by atoms with Gasteiger partial charge in [0.2, 0.25) is 0 Å². The van der Waals surface area contributed by atoms with Crippen molar-refractivity contribution in [3.63, 3.8) is 0 Å². The summed E-state index contributed by atoms with van der Waals surface area (Å²) in [6.45, 7) is 1.11. The Morgan fingerprint density at radius 1 is 1.50 bits per heavy atom. The summed E-state index contributed by atoms with van der Waals surface area (Å²) in [5.74, 6) is -0.522. The zero-order valence-corrected chi connectivity index (χ0v) is 9.60. The molecule has 2 rings (SSSR count). The van der Waals surface area contributed by atoms with Gasteiger partial charge in [0.1, 0.15) is 17.4 Å². The first-order valence-corrected chi connectivity index (χ1v) is 5.41. The van der Waals surface area contributed by atoms with E-state index in [-0.39, 0.29) is 5.56 Å². The Hall–Kier alpha value is -2.55. The van der Waals surface area contributed by atoms with Crippen LogP contribution in [0.2, 0.25) is 0 Å². The summed E-state index contributed by atoms with van der Waals surface area (Å²) in [7, 11) is 0. The van der Waals surface area contributed by atoms with E-state index in [9.17, 15) is 4.39 Å². The van der Waals surface area contributed by atoms with Crippen LogP contribution in [0.1, 0.15) is 5.56 Å². The molecule has 0 aliphatic rings. The highest BCUT2D eigenvalue weighted by atomic mass is 19.1. The molecular weight excluding hydrogens is 233 g/mol. The van der Waals surface area contributed by atoms with Gasteiger partial charge >= 0.3 is 0 Å². The summed E-state index contributed by atoms with van der Waals surface area (Å²) in [4.78, 5) is 0. The Bertz CT molecular complexity index is 584. The van der Waals surface area contributed by atoms with Crippen LogP contribution in [-0.2, 0) is 6.54 Å². The van der Waals surface area contributed by atoms with Crippen molar-refractivity contribution in [1.29, 1.82) is 5.26 Å². The molecule has 0 amide bonds. The maximum Gasteiger partial charge on any atom is 0.143 e. The summed E-state index contributed by atoms with van der Waals surface area (Å²) in [6.07, 6.45) is 3.27. The van der Waals surface area contributed by atoms with Crippen molar-refractivity contribution in [1.82, 2.24) is 9.78 Å². The molecule has 5 nitrogen and oxygen atoms in total. The third kappa shape index (κ3) is 2.58. The molecule has 0 fully saturated rings. The summed E-state index contributed by atoms with van der Waals surface area (Å²) in [5.41, 5.74) is 6.64. The molecule has 0 radical (unpaired) electrons. The first-order chi connectivity index (χ1) is 8.70. The molecule has 0 saturated carbocycles. The standard InChI is InChI=1S/C12H12FN5/c13-11-2-1-3-12(10(11)6-14)16-4-5-18-8-9(15)7-17-18/h1-3,7-8,16H,4-5,15H2. The monoisotopic (exact) mass is 245 g/mol. The lowest BCUT2D eigenvalue weighted by atomic mass is 10.2. The maximum absolute atomic E-state index is 13.3. The van der Waals surface area contributed by atoms with E-state index in [1.165, 1.54) is 6.07 Å². The minimum absolute atomic E-state index is 0.0254. The Morgan fingerprint density at radius 3 is 3.00 bits per heavy atom. The topological polar surface area (TPSA) is 79.7 Å². The van der Waals surface area contributed by atoms with E-state index >= 15 is 0 Å². The Morgan fingerprint density at radius 2 is 2.33 bits per heavy atom. The zero-order valence-electron chi connectivity index (χ0n) is 9.60. The van der Waals surface area contributed by atoms with Crippen LogP contribution in [0.4, 0.5) is 15.8 Å². The highest BCUT2D eigenvalue weighted by Gasteiger charge is 2.06. The molecule has 2 aromatic rings. The van der Waals surface area contributed by atoms with Crippen LogP contribution in [0.15, 0.2) is 30.6 Å². The van der Waals surface area contributed by atoms with Gasteiger partial charge in [0.25, 0.3) is 0 Å². The zero-order chi connectivity index (χ0) is 13.0. The number of anilines is 2. The average Bonchev–Trinajstić information content (AvgIpc) is 2.75. The van der Waals surface area contributed by atoms with Gasteiger partial charge in [-0.2, -0.15) is 10.4 Å². The summed E-state index contributed by atoms with van der Waals surface area (Å²) >= 11 is 0. The molecule has 92 valence electrons. The second-order valence-corrected chi connectivity index (χ2v) is 3.74. The fraction of sp³-hybridized carbons (Fsp3) is 0.167. The van der Waals surface area contributed by atoms with Crippen molar-refractivity contribution < 1.29 is 4.39 Å². The lowest BCUT2D eigenvalue weighted by Gasteiger charge is -2.08. The van der Waals surface area contributed by atoms with Crippen molar-refractivity contribution in [3.05, 3.63) is 42.0 Å². The third-order valence-corrected chi connectivity index (χ3v) is 2.43. The van der Waals surface area contributed by atoms with Crippen LogP contribution in [0, 0.1) is 17.1 Å². The lowest BCUT2D eigenvalue weighted by Crippen LogP contribution is -2.12. The smallest absolute Gasteiger partial charge is 0.143 e. The Balaban J connectivity index is 1.99. The molecule has 18 heavy (non-hydrogen) atoms. The Kier molecular flexibility index (Phi) is 3.44. The van der Waals surface area contributed by atoms with Crippen LogP contribution in [0.3, 0.4) is 0 Å². The number of halogens is 1. The van der Waals surface area contributed by atoms with Crippen molar-refractivity contribution in [3.8, 4) is 6.07 Å². The fourth-order valence-corrected chi connectivity index (χ4v) is 1.59. The molecule has 1 aromatic heterocycles. The van der Waals surface area contributed by atoms with Gasteiger partial charge in [0.05, 0.1) is 24.1 Å². The number of hydrogen-bond acceptors (Lipinski definition) is 4. The van der Waals surface area contributed by atoms with E-state index < -0.39 is 5.82 Å². The van der Waals surface area contributed by atoms with Gasteiger partial charge in [-0.1, -0.05) is 6.07 Å². The number of benzene rings is 1. The molecule has 0 bridgehead atoms. The van der Waals surface area contributed by atoms with E-state index in [4.69, 9.17) is 11.0 Å². The van der Waals surface area contributed by atoms with Crippen LogP contribution in [0.5, 0.6) is 0 Å². The third-order valence-electron chi connectivity index (χ3n) is 2.43. The van der Waals surface area contributed by atoms with Gasteiger partial charge < -0.3 is 11.1 Å². The van der Waals surface area contributed by atoms with E-state index in [0.29, 0.717) is 24.5 Å². The molecule has 6 heteroatoms. The molecule has 0 saturated heterocycles. The van der Waals surface area contributed by atoms with Crippen molar-refractivity contribution >= 4 is 11.4 Å². The molecule has 0 spiro atoms. The molecule has 1 heterocycles. The molecular formula is C12H12FN5. The Labute approximate surface area is 104 Å². The molecule has 3 N–H and O–H groups in total. The van der Waals surface area contributed by atoms with Crippen LogP contribution in [-0.4, -0.2) is 16.3 Å². The molecule has 0 atom stereocenters. The van der Waals surface area contributed by atoms with E-state index in [0.717, 1.165) is 0 Å². The number of nitrogens with one attached hydrogen (secondary N) is 1. The number of nitrogens with zero attached hydrogens (tertiary/aromatic N) is 3. The summed E-state index contributed by atoms with van der Waals surface area (Å²) in [6, 6.07) is 6.32. The second kappa shape index (κ2) is 5.19. The normalized spacial score (nSPS) is 10.0. The number of nitriles is 1. The molecule has 0 aliphatic heterocycles. The van der Waals surface area contributed by atoms with Crippen LogP contribution in [0.25, 0.3) is 0 Å². The predicted octanol–water partition coefficient (Wildman–Crippen LogP) is 1.59. The van der Waals surface area contributed by atoms with E-state index in [2.05, 4.69) is 10.4 Å². The predicted molar refractivity (Wildman–Crippen MR) is 66.2 cm³/mol. The van der Waals surface area contributed by atoms with Gasteiger partial charge in [-0.05, 0) is 12.1 Å². The van der Waals surface area contributed by atoms with Crippen LogP contribution < -0.4 is 11.1 Å². The van der Waals surface area contributed by atoms with Crippen molar-refractivity contribution in [2.75, 3.05) is 17.6 Å². The SMILES string of the molecule is N#Cc1c(F)cccc1NCCn1cc(N)cn1. The average molecular weight is 245 g/mol. The fourth-order valence-electron chi connectivity index (χ4n) is 1.59. The first kappa shape index (κ1) is 11.9. The van der Waals surface area contributed by atoms with Gasteiger partial charge in [0, 0.05) is 12.7 Å². The summed E-state index contributed by atoms with van der Waals surface area (Å²) < 4.78 is 15.0. The number of nitrogens with two attached hydrogens (primary N) is 1. The molecule has 1 aromatic carbocycles. The van der Waals surface area contributed by atoms with Crippen molar-refractivity contribution in [2.24, 2.45) is 0 Å². The molecule has 0 unspecified atom stereocenters. The number of rotatable bonds is 4. The highest BCUT2D eigenvalue weighted by Crippen LogP contribution is 2.17. The minimum Gasteiger partial charge on any atom is -0.396 e. The largest absolute Gasteiger partial charge is 0.396 e. The van der Waals surface area contributed by atoms with E-state index in [1.807, 2.05) is 6.07 Å². The van der Waals surface area contributed by atoms with Gasteiger partial charge in [0.15, 0.2) is 0 Å². The van der Waals surface area contributed by atoms with Crippen LogP contribution >= 0.6 is 0 Å². The lowest BCUT2D eigenvalue weighted by molar-refractivity contribution is 0.622. The number of aromatic nitrogens is 2. The van der Waals surface area contributed by atoms with Crippen molar-refractivity contribution in [2.45, 2.75) is 6.54 Å². The highest BCUT2D eigenvalue weighted by molar-refractivity contribution is 5.57. The van der Waals surface area contributed by atoms with E-state index in [1.54, 1.807) is 29.2 Å². The second-order valence-electron chi connectivity index (χ2n) is 3.74. The van der Waals surface area contributed by atoms with Gasteiger partial charge in [-0.15, -0.1) is 0 Å². The maximum atomic E-state index is 13.3. The molecule has 0 aliphatic carbocycles. The first-order valence-electron chi connectivity index (χ1n) is 5.41. The van der Waals surface area contributed by atoms with Gasteiger partial charge in [-0.25, -0.2) is 4.39 Å². The van der Waals surface area contributed by atoms with Gasteiger partial charge in [-0.3, -0.25) is 4.68 Å².